The smallest absolute Gasteiger partial charge is 0.233 e. The summed E-state index contributed by atoms with van der Waals surface area (Å²) < 4.78 is 6.40. The van der Waals surface area contributed by atoms with Gasteiger partial charge in [-0.2, -0.15) is 0 Å². The Labute approximate surface area is 150 Å². The number of aryl methyl sites for hydroxylation is 1. The van der Waals surface area contributed by atoms with E-state index in [9.17, 15) is 4.79 Å². The number of aromatic nitrogens is 1. The van der Waals surface area contributed by atoms with E-state index in [0.717, 1.165) is 47.6 Å². The zero-order valence-electron chi connectivity index (χ0n) is 13.9. The summed E-state index contributed by atoms with van der Waals surface area (Å²) >= 11 is 3.13. The van der Waals surface area contributed by atoms with Gasteiger partial charge < -0.3 is 14.5 Å². The number of methoxy groups -OCH3 is 1. The van der Waals surface area contributed by atoms with Gasteiger partial charge in [0.25, 0.3) is 0 Å². The molecule has 0 aliphatic carbocycles. The molecule has 0 radical (unpaired) electrons. The molecule has 0 spiro atoms. The van der Waals surface area contributed by atoms with Crippen LogP contribution >= 0.6 is 23.1 Å². The largest absolute Gasteiger partial charge is 0.495 e. The summed E-state index contributed by atoms with van der Waals surface area (Å²) in [5.41, 5.74) is 2.11. The van der Waals surface area contributed by atoms with Crippen LogP contribution in [0, 0.1) is 6.92 Å². The fourth-order valence-electron chi connectivity index (χ4n) is 2.70. The molecule has 1 saturated heterocycles. The lowest BCUT2D eigenvalue weighted by molar-refractivity contribution is -0.128. The molecule has 0 bridgehead atoms. The van der Waals surface area contributed by atoms with E-state index in [-0.39, 0.29) is 5.91 Å². The first kappa shape index (κ1) is 17.1. The molecule has 1 aromatic heterocycles. The molecule has 1 amide bonds. The molecule has 1 fully saturated rings. The maximum Gasteiger partial charge on any atom is 0.233 e. The molecule has 3 rings (SSSR count). The van der Waals surface area contributed by atoms with Gasteiger partial charge in [0.05, 0.1) is 18.6 Å². The lowest BCUT2D eigenvalue weighted by Gasteiger charge is -2.36. The molecule has 1 aromatic carbocycles. The Kier molecular flexibility index (Phi) is 5.63. The SMILES string of the molecule is COc1ccccc1N1CCN(C(=O)CSc2nc(C)cs2)CC1. The molecule has 1 aliphatic rings. The number of para-hydroxylation sites is 2. The van der Waals surface area contributed by atoms with Crippen LogP contribution in [0.5, 0.6) is 5.75 Å². The van der Waals surface area contributed by atoms with Gasteiger partial charge in [-0.05, 0) is 19.1 Å². The van der Waals surface area contributed by atoms with Crippen molar-refractivity contribution in [3.05, 3.63) is 35.3 Å². The van der Waals surface area contributed by atoms with Gasteiger partial charge in [0.1, 0.15) is 5.75 Å². The van der Waals surface area contributed by atoms with Crippen molar-refractivity contribution >= 4 is 34.7 Å². The van der Waals surface area contributed by atoms with E-state index in [1.165, 1.54) is 11.8 Å². The maximum absolute atomic E-state index is 12.4. The van der Waals surface area contributed by atoms with E-state index in [2.05, 4.69) is 16.0 Å². The number of ether oxygens (including phenoxy) is 1. The highest BCUT2D eigenvalue weighted by Gasteiger charge is 2.23. The highest BCUT2D eigenvalue weighted by Crippen LogP contribution is 2.28. The van der Waals surface area contributed by atoms with Crippen LogP contribution in [-0.4, -0.2) is 54.8 Å². The van der Waals surface area contributed by atoms with E-state index in [0.29, 0.717) is 5.75 Å². The molecule has 24 heavy (non-hydrogen) atoms. The van der Waals surface area contributed by atoms with Crippen LogP contribution in [0.3, 0.4) is 0 Å². The number of anilines is 1. The number of nitrogens with zero attached hydrogens (tertiary/aromatic N) is 3. The highest BCUT2D eigenvalue weighted by molar-refractivity contribution is 8.01. The number of thioether (sulfide) groups is 1. The van der Waals surface area contributed by atoms with E-state index in [4.69, 9.17) is 4.74 Å². The zero-order chi connectivity index (χ0) is 16.9. The minimum Gasteiger partial charge on any atom is -0.495 e. The quantitative estimate of drug-likeness (QED) is 0.765. The van der Waals surface area contributed by atoms with Crippen molar-refractivity contribution in [2.45, 2.75) is 11.3 Å². The summed E-state index contributed by atoms with van der Waals surface area (Å²) in [5, 5.41) is 2.01. The third-order valence-electron chi connectivity index (χ3n) is 3.98. The van der Waals surface area contributed by atoms with E-state index in [1.807, 2.05) is 35.4 Å². The number of hydrogen-bond acceptors (Lipinski definition) is 6. The molecule has 5 nitrogen and oxygen atoms in total. The number of rotatable bonds is 5. The minimum atomic E-state index is 0.188. The summed E-state index contributed by atoms with van der Waals surface area (Å²) in [6.07, 6.45) is 0. The van der Waals surface area contributed by atoms with Crippen LogP contribution in [0.25, 0.3) is 0 Å². The number of hydrogen-bond donors (Lipinski definition) is 0. The summed E-state index contributed by atoms with van der Waals surface area (Å²) in [7, 11) is 1.69. The van der Waals surface area contributed by atoms with E-state index in [1.54, 1.807) is 18.4 Å². The third kappa shape index (κ3) is 4.02. The summed E-state index contributed by atoms with van der Waals surface area (Å²) in [4.78, 5) is 21.0. The van der Waals surface area contributed by atoms with Crippen molar-refractivity contribution in [1.29, 1.82) is 0 Å². The topological polar surface area (TPSA) is 45.7 Å². The second-order valence-electron chi connectivity index (χ2n) is 5.58. The molecule has 2 aromatic rings. The average molecular weight is 364 g/mol. The standard InChI is InChI=1S/C17H21N3O2S2/c1-13-11-23-17(18-13)24-12-16(21)20-9-7-19(8-10-20)14-5-3-4-6-15(14)22-2/h3-6,11H,7-10,12H2,1-2H3. The highest BCUT2D eigenvalue weighted by atomic mass is 32.2. The number of benzene rings is 1. The predicted octanol–water partition coefficient (Wildman–Crippen LogP) is 2.90. The average Bonchev–Trinajstić information content (AvgIpc) is 3.05. The Morgan fingerprint density at radius 1 is 1.29 bits per heavy atom. The second-order valence-corrected chi connectivity index (χ2v) is 7.66. The van der Waals surface area contributed by atoms with Crippen molar-refractivity contribution in [3.8, 4) is 5.75 Å². The number of amides is 1. The van der Waals surface area contributed by atoms with Gasteiger partial charge in [0, 0.05) is 37.3 Å². The van der Waals surface area contributed by atoms with Crippen molar-refractivity contribution in [2.75, 3.05) is 43.9 Å². The van der Waals surface area contributed by atoms with Crippen LogP contribution < -0.4 is 9.64 Å². The Bertz CT molecular complexity index is 697. The molecule has 1 aliphatic heterocycles. The normalized spacial score (nSPS) is 14.8. The van der Waals surface area contributed by atoms with Gasteiger partial charge in [0.2, 0.25) is 5.91 Å². The van der Waals surface area contributed by atoms with Gasteiger partial charge in [-0.25, -0.2) is 4.98 Å². The molecule has 0 atom stereocenters. The van der Waals surface area contributed by atoms with Gasteiger partial charge in [-0.3, -0.25) is 4.79 Å². The molecule has 0 N–H and O–H groups in total. The Morgan fingerprint density at radius 3 is 2.71 bits per heavy atom. The lowest BCUT2D eigenvalue weighted by atomic mass is 10.2. The Morgan fingerprint density at radius 2 is 2.04 bits per heavy atom. The van der Waals surface area contributed by atoms with Gasteiger partial charge in [-0.15, -0.1) is 11.3 Å². The van der Waals surface area contributed by atoms with Crippen LogP contribution in [0.2, 0.25) is 0 Å². The zero-order valence-corrected chi connectivity index (χ0v) is 15.5. The van der Waals surface area contributed by atoms with Crippen molar-refractivity contribution in [2.24, 2.45) is 0 Å². The summed E-state index contributed by atoms with van der Waals surface area (Å²) in [6.45, 7) is 5.11. The summed E-state index contributed by atoms with van der Waals surface area (Å²) in [5.74, 6) is 1.53. The van der Waals surface area contributed by atoms with Crippen molar-refractivity contribution in [1.82, 2.24) is 9.88 Å². The van der Waals surface area contributed by atoms with E-state index >= 15 is 0 Å². The molecular weight excluding hydrogens is 342 g/mol. The predicted molar refractivity (Wildman–Crippen MR) is 99.4 cm³/mol. The van der Waals surface area contributed by atoms with Gasteiger partial charge in [-0.1, -0.05) is 23.9 Å². The number of carbonyl (C=O) groups excluding carboxylic acids is 1. The molecular formula is C17H21N3O2S2. The van der Waals surface area contributed by atoms with Gasteiger partial charge in [0.15, 0.2) is 4.34 Å². The molecule has 2 heterocycles. The molecule has 0 saturated carbocycles. The van der Waals surface area contributed by atoms with E-state index < -0.39 is 0 Å². The van der Waals surface area contributed by atoms with Crippen LogP contribution in [-0.2, 0) is 4.79 Å². The fraction of sp³-hybridized carbons (Fsp3) is 0.412. The second kappa shape index (κ2) is 7.90. The summed E-state index contributed by atoms with van der Waals surface area (Å²) in [6, 6.07) is 8.03. The number of carbonyl (C=O) groups is 1. The van der Waals surface area contributed by atoms with Crippen molar-refractivity contribution in [3.63, 3.8) is 0 Å². The van der Waals surface area contributed by atoms with Crippen LogP contribution in [0.4, 0.5) is 5.69 Å². The first-order valence-electron chi connectivity index (χ1n) is 7.88. The first-order valence-corrected chi connectivity index (χ1v) is 9.74. The third-order valence-corrected chi connectivity index (χ3v) is 6.10. The number of piperazine rings is 1. The minimum absolute atomic E-state index is 0.188. The van der Waals surface area contributed by atoms with Crippen molar-refractivity contribution < 1.29 is 9.53 Å². The first-order chi connectivity index (χ1) is 11.7. The fourth-order valence-corrected chi connectivity index (χ4v) is 4.45. The van der Waals surface area contributed by atoms with Crippen LogP contribution in [0.1, 0.15) is 5.69 Å². The van der Waals surface area contributed by atoms with Gasteiger partial charge >= 0.3 is 0 Å². The molecule has 128 valence electrons. The Hall–Kier alpha value is -1.73. The number of thiazole rings is 1. The Balaban J connectivity index is 1.52. The van der Waals surface area contributed by atoms with Crippen LogP contribution in [0.15, 0.2) is 34.0 Å². The monoisotopic (exact) mass is 363 g/mol. The maximum atomic E-state index is 12.4. The lowest BCUT2D eigenvalue weighted by Crippen LogP contribution is -2.49. The molecule has 7 heteroatoms. The molecule has 0 unspecified atom stereocenters.